The van der Waals surface area contributed by atoms with Gasteiger partial charge in [0.1, 0.15) is 5.69 Å². The highest BCUT2D eigenvalue weighted by Crippen LogP contribution is 2.27. The Labute approximate surface area is 156 Å². The standard InChI is InChI=1S/C21H31N3O2/c1-4-17-7-8-19-18(15-17)16(3)20(24(19)5-2)21(25)22-9-6-10-23-11-13-26-14-12-23/h7-8,15H,4-6,9-14H2,1-3H3,(H,22,25). The summed E-state index contributed by atoms with van der Waals surface area (Å²) in [7, 11) is 0. The number of aryl methyl sites for hydroxylation is 3. The molecular weight excluding hydrogens is 326 g/mol. The van der Waals surface area contributed by atoms with E-state index in [0.717, 1.165) is 69.0 Å². The molecule has 142 valence electrons. The number of fused-ring (bicyclic) bond motifs is 1. The van der Waals surface area contributed by atoms with Gasteiger partial charge in [0, 0.05) is 37.1 Å². The van der Waals surface area contributed by atoms with Gasteiger partial charge in [-0.25, -0.2) is 0 Å². The van der Waals surface area contributed by atoms with Crippen LogP contribution in [0.25, 0.3) is 10.9 Å². The van der Waals surface area contributed by atoms with Crippen molar-refractivity contribution < 1.29 is 9.53 Å². The largest absolute Gasteiger partial charge is 0.379 e. The monoisotopic (exact) mass is 357 g/mol. The van der Waals surface area contributed by atoms with Gasteiger partial charge in [0.15, 0.2) is 0 Å². The Morgan fingerprint density at radius 1 is 1.23 bits per heavy atom. The Bertz CT molecular complexity index is 760. The number of ether oxygens (including phenoxy) is 1. The lowest BCUT2D eigenvalue weighted by atomic mass is 10.1. The number of carbonyl (C=O) groups is 1. The maximum atomic E-state index is 12.9. The molecule has 0 aliphatic carbocycles. The van der Waals surface area contributed by atoms with E-state index in [-0.39, 0.29) is 5.91 Å². The molecule has 0 spiro atoms. The Hall–Kier alpha value is -1.85. The Balaban J connectivity index is 1.68. The number of amides is 1. The van der Waals surface area contributed by atoms with Gasteiger partial charge in [-0.3, -0.25) is 9.69 Å². The second-order valence-corrected chi connectivity index (χ2v) is 6.99. The molecule has 1 saturated heterocycles. The molecule has 0 saturated carbocycles. The predicted molar refractivity (Wildman–Crippen MR) is 106 cm³/mol. The van der Waals surface area contributed by atoms with Crippen molar-refractivity contribution >= 4 is 16.8 Å². The summed E-state index contributed by atoms with van der Waals surface area (Å²) < 4.78 is 7.51. The molecule has 2 aromatic rings. The first-order valence-corrected chi connectivity index (χ1v) is 9.85. The molecule has 26 heavy (non-hydrogen) atoms. The van der Waals surface area contributed by atoms with Crippen molar-refractivity contribution in [2.24, 2.45) is 0 Å². The summed E-state index contributed by atoms with van der Waals surface area (Å²) in [4.78, 5) is 15.3. The van der Waals surface area contributed by atoms with Crippen molar-refractivity contribution in [3.05, 3.63) is 35.0 Å². The molecular formula is C21H31N3O2. The number of morpholine rings is 1. The van der Waals surface area contributed by atoms with E-state index in [1.807, 2.05) is 0 Å². The lowest BCUT2D eigenvalue weighted by Gasteiger charge is -2.26. The summed E-state index contributed by atoms with van der Waals surface area (Å²) in [6.45, 7) is 12.5. The molecule has 5 nitrogen and oxygen atoms in total. The van der Waals surface area contributed by atoms with E-state index >= 15 is 0 Å². The maximum absolute atomic E-state index is 12.9. The smallest absolute Gasteiger partial charge is 0.268 e. The van der Waals surface area contributed by atoms with E-state index in [1.165, 1.54) is 10.9 Å². The Kier molecular flexibility index (Phi) is 6.33. The minimum atomic E-state index is 0.0422. The fourth-order valence-electron chi connectivity index (χ4n) is 3.82. The second kappa shape index (κ2) is 8.69. The maximum Gasteiger partial charge on any atom is 0.268 e. The molecule has 1 aliphatic heterocycles. The van der Waals surface area contributed by atoms with Crippen molar-refractivity contribution in [3.63, 3.8) is 0 Å². The van der Waals surface area contributed by atoms with Crippen LogP contribution in [0.5, 0.6) is 0 Å². The summed E-state index contributed by atoms with van der Waals surface area (Å²) in [5.41, 5.74) is 4.36. The van der Waals surface area contributed by atoms with Crippen molar-refractivity contribution in [2.45, 2.75) is 40.2 Å². The average molecular weight is 357 g/mol. The van der Waals surface area contributed by atoms with Crippen LogP contribution in [0.2, 0.25) is 0 Å². The summed E-state index contributed by atoms with van der Waals surface area (Å²) in [6.07, 6.45) is 1.98. The number of aromatic nitrogens is 1. The van der Waals surface area contributed by atoms with Gasteiger partial charge in [-0.1, -0.05) is 13.0 Å². The van der Waals surface area contributed by atoms with Crippen LogP contribution in [-0.2, 0) is 17.7 Å². The summed E-state index contributed by atoms with van der Waals surface area (Å²) in [6, 6.07) is 6.55. The van der Waals surface area contributed by atoms with Crippen molar-refractivity contribution in [3.8, 4) is 0 Å². The number of benzene rings is 1. The minimum Gasteiger partial charge on any atom is -0.379 e. The normalized spacial score (nSPS) is 15.5. The van der Waals surface area contributed by atoms with Crippen LogP contribution in [0.1, 0.15) is 41.9 Å². The highest BCUT2D eigenvalue weighted by atomic mass is 16.5. The molecule has 0 unspecified atom stereocenters. The lowest BCUT2D eigenvalue weighted by molar-refractivity contribution is 0.0374. The van der Waals surface area contributed by atoms with Gasteiger partial charge >= 0.3 is 0 Å². The average Bonchev–Trinajstić information content (AvgIpc) is 2.97. The van der Waals surface area contributed by atoms with Gasteiger partial charge < -0.3 is 14.6 Å². The van der Waals surface area contributed by atoms with Gasteiger partial charge in [0.25, 0.3) is 5.91 Å². The molecule has 1 N–H and O–H groups in total. The zero-order chi connectivity index (χ0) is 18.5. The molecule has 1 amide bonds. The second-order valence-electron chi connectivity index (χ2n) is 6.99. The fourth-order valence-corrected chi connectivity index (χ4v) is 3.82. The highest BCUT2D eigenvalue weighted by Gasteiger charge is 2.19. The van der Waals surface area contributed by atoms with Gasteiger partial charge in [0.2, 0.25) is 0 Å². The van der Waals surface area contributed by atoms with Crippen LogP contribution in [-0.4, -0.2) is 54.8 Å². The third-order valence-corrected chi connectivity index (χ3v) is 5.36. The quantitative estimate of drug-likeness (QED) is 0.775. The molecule has 1 aliphatic rings. The van der Waals surface area contributed by atoms with Crippen LogP contribution < -0.4 is 5.32 Å². The summed E-state index contributed by atoms with van der Waals surface area (Å²) in [5, 5.41) is 4.32. The molecule has 0 bridgehead atoms. The molecule has 1 aromatic heterocycles. The molecule has 0 atom stereocenters. The first kappa shape index (κ1) is 18.9. The van der Waals surface area contributed by atoms with E-state index in [9.17, 15) is 4.79 Å². The van der Waals surface area contributed by atoms with Crippen molar-refractivity contribution in [1.82, 2.24) is 14.8 Å². The van der Waals surface area contributed by atoms with E-state index in [4.69, 9.17) is 4.74 Å². The van der Waals surface area contributed by atoms with E-state index in [1.54, 1.807) is 0 Å². The summed E-state index contributed by atoms with van der Waals surface area (Å²) >= 11 is 0. The Morgan fingerprint density at radius 3 is 2.69 bits per heavy atom. The number of nitrogens with one attached hydrogen (secondary N) is 1. The highest BCUT2D eigenvalue weighted by molar-refractivity contribution is 6.01. The molecule has 5 heteroatoms. The molecule has 1 aromatic carbocycles. The van der Waals surface area contributed by atoms with Crippen LogP contribution >= 0.6 is 0 Å². The predicted octanol–water partition coefficient (Wildman–Crippen LogP) is 2.98. The lowest BCUT2D eigenvalue weighted by Crippen LogP contribution is -2.38. The number of carbonyl (C=O) groups excluding carboxylic acids is 1. The van der Waals surface area contributed by atoms with E-state index in [0.29, 0.717) is 6.54 Å². The number of hydrogen-bond acceptors (Lipinski definition) is 3. The zero-order valence-corrected chi connectivity index (χ0v) is 16.3. The fraction of sp³-hybridized carbons (Fsp3) is 0.571. The van der Waals surface area contributed by atoms with Crippen LogP contribution in [0.15, 0.2) is 18.2 Å². The number of hydrogen-bond donors (Lipinski definition) is 1. The minimum absolute atomic E-state index is 0.0422. The number of nitrogens with zero attached hydrogens (tertiary/aromatic N) is 2. The van der Waals surface area contributed by atoms with Crippen molar-refractivity contribution in [2.75, 3.05) is 39.4 Å². The molecule has 3 rings (SSSR count). The van der Waals surface area contributed by atoms with Gasteiger partial charge in [-0.2, -0.15) is 0 Å². The van der Waals surface area contributed by atoms with Gasteiger partial charge in [-0.05, 0) is 56.5 Å². The first-order valence-electron chi connectivity index (χ1n) is 9.85. The third-order valence-electron chi connectivity index (χ3n) is 5.36. The molecule has 0 radical (unpaired) electrons. The van der Waals surface area contributed by atoms with E-state index in [2.05, 4.69) is 53.8 Å². The molecule has 2 heterocycles. The zero-order valence-electron chi connectivity index (χ0n) is 16.3. The SMILES string of the molecule is CCc1ccc2c(c1)c(C)c(C(=O)NCCCN1CCOCC1)n2CC. The van der Waals surface area contributed by atoms with Crippen LogP contribution in [0.4, 0.5) is 0 Å². The van der Waals surface area contributed by atoms with Gasteiger partial charge in [-0.15, -0.1) is 0 Å². The Morgan fingerprint density at radius 2 is 2.00 bits per heavy atom. The van der Waals surface area contributed by atoms with Crippen molar-refractivity contribution in [1.29, 1.82) is 0 Å². The summed E-state index contributed by atoms with van der Waals surface area (Å²) in [5.74, 6) is 0.0422. The third kappa shape index (κ3) is 3.94. The number of rotatable bonds is 7. The first-order chi connectivity index (χ1) is 12.7. The van der Waals surface area contributed by atoms with Gasteiger partial charge in [0.05, 0.1) is 13.2 Å². The van der Waals surface area contributed by atoms with Crippen LogP contribution in [0, 0.1) is 6.92 Å². The topological polar surface area (TPSA) is 46.5 Å². The molecule has 1 fully saturated rings. The van der Waals surface area contributed by atoms with E-state index < -0.39 is 0 Å². The van der Waals surface area contributed by atoms with Crippen LogP contribution in [0.3, 0.4) is 0 Å².